The molecule has 0 aliphatic rings. The van der Waals surface area contributed by atoms with Crippen LogP contribution in [-0.2, 0) is 18.9 Å². The van der Waals surface area contributed by atoms with E-state index < -0.39 is 0 Å². The molecule has 0 N–H and O–H groups in total. The number of nitrogens with zero attached hydrogens (tertiary/aromatic N) is 4. The molecule has 0 atom stereocenters. The van der Waals surface area contributed by atoms with Crippen molar-refractivity contribution in [1.82, 2.24) is 19.3 Å². The second-order valence-electron chi connectivity index (χ2n) is 3.19. The minimum absolute atomic E-state index is 0.799. The Kier molecular flexibility index (Phi) is 2.67. The molecule has 0 aromatic carbocycles. The summed E-state index contributed by atoms with van der Waals surface area (Å²) < 4.78 is 3.85. The number of imidazole rings is 1. The number of rotatable bonds is 3. The Hall–Kier alpha value is -1.10. The SMILES string of the molecule is Cn1cc(Cn2cnc(CBr)c2)cn1. The Labute approximate surface area is 90.7 Å². The first-order chi connectivity index (χ1) is 6.78. The Morgan fingerprint density at radius 3 is 2.86 bits per heavy atom. The molecule has 14 heavy (non-hydrogen) atoms. The van der Waals surface area contributed by atoms with Gasteiger partial charge in [0.1, 0.15) is 0 Å². The molecule has 0 amide bonds. The number of halogens is 1. The molecule has 0 aliphatic heterocycles. The van der Waals surface area contributed by atoms with Gasteiger partial charge in [-0.25, -0.2) is 4.98 Å². The average molecular weight is 255 g/mol. The van der Waals surface area contributed by atoms with E-state index in [0.717, 1.165) is 17.6 Å². The topological polar surface area (TPSA) is 35.6 Å². The summed E-state index contributed by atoms with van der Waals surface area (Å²) in [6, 6.07) is 0. The summed E-state index contributed by atoms with van der Waals surface area (Å²) in [5, 5.41) is 4.91. The number of hydrogen-bond donors (Lipinski definition) is 0. The minimum atomic E-state index is 0.799. The Morgan fingerprint density at radius 1 is 1.43 bits per heavy atom. The fourth-order valence-corrected chi connectivity index (χ4v) is 1.62. The second kappa shape index (κ2) is 3.96. The van der Waals surface area contributed by atoms with Gasteiger partial charge in [0.25, 0.3) is 0 Å². The van der Waals surface area contributed by atoms with Crippen molar-refractivity contribution < 1.29 is 0 Å². The molecule has 2 rings (SSSR count). The van der Waals surface area contributed by atoms with Crippen molar-refractivity contribution in [1.29, 1.82) is 0 Å². The number of alkyl halides is 1. The lowest BCUT2D eigenvalue weighted by atomic mass is 10.3. The van der Waals surface area contributed by atoms with E-state index in [2.05, 4.69) is 26.0 Å². The molecule has 0 bridgehead atoms. The van der Waals surface area contributed by atoms with Crippen molar-refractivity contribution >= 4 is 15.9 Å². The largest absolute Gasteiger partial charge is 0.333 e. The monoisotopic (exact) mass is 254 g/mol. The van der Waals surface area contributed by atoms with E-state index in [1.54, 1.807) is 4.68 Å². The van der Waals surface area contributed by atoms with E-state index in [0.29, 0.717) is 0 Å². The zero-order valence-electron chi connectivity index (χ0n) is 7.89. The lowest BCUT2D eigenvalue weighted by Gasteiger charge is -1.96. The number of hydrogen-bond acceptors (Lipinski definition) is 2. The van der Waals surface area contributed by atoms with Gasteiger partial charge in [-0.05, 0) is 0 Å². The Balaban J connectivity index is 2.10. The molecular formula is C9H11BrN4. The van der Waals surface area contributed by atoms with E-state index >= 15 is 0 Å². The third-order valence-corrected chi connectivity index (χ3v) is 2.52. The van der Waals surface area contributed by atoms with E-state index in [1.165, 1.54) is 5.56 Å². The van der Waals surface area contributed by atoms with Gasteiger partial charge in [-0.15, -0.1) is 0 Å². The van der Waals surface area contributed by atoms with Crippen LogP contribution in [0, 0.1) is 0 Å². The van der Waals surface area contributed by atoms with Crippen LogP contribution in [0.2, 0.25) is 0 Å². The molecule has 0 fully saturated rings. The van der Waals surface area contributed by atoms with Crippen molar-refractivity contribution in [2.45, 2.75) is 11.9 Å². The molecular weight excluding hydrogens is 244 g/mol. The van der Waals surface area contributed by atoms with Crippen LogP contribution in [0.3, 0.4) is 0 Å². The molecule has 4 nitrogen and oxygen atoms in total. The maximum Gasteiger partial charge on any atom is 0.0952 e. The molecule has 0 unspecified atom stereocenters. The quantitative estimate of drug-likeness (QED) is 0.780. The zero-order valence-corrected chi connectivity index (χ0v) is 9.48. The molecule has 0 spiro atoms. The molecule has 2 heterocycles. The third-order valence-electron chi connectivity index (χ3n) is 1.95. The highest BCUT2D eigenvalue weighted by molar-refractivity contribution is 9.08. The predicted octanol–water partition coefficient (Wildman–Crippen LogP) is 1.56. The van der Waals surface area contributed by atoms with Crippen LogP contribution in [0.25, 0.3) is 0 Å². The maximum absolute atomic E-state index is 4.23. The van der Waals surface area contributed by atoms with Crippen LogP contribution in [0.5, 0.6) is 0 Å². The summed E-state index contributed by atoms with van der Waals surface area (Å²) in [5.74, 6) is 0. The summed E-state index contributed by atoms with van der Waals surface area (Å²) in [6.45, 7) is 0.827. The molecule has 0 saturated carbocycles. The van der Waals surface area contributed by atoms with Crippen LogP contribution >= 0.6 is 15.9 Å². The highest BCUT2D eigenvalue weighted by atomic mass is 79.9. The summed E-state index contributed by atoms with van der Waals surface area (Å²) in [5.41, 5.74) is 2.24. The summed E-state index contributed by atoms with van der Waals surface area (Å²) in [7, 11) is 1.92. The second-order valence-corrected chi connectivity index (χ2v) is 3.75. The third kappa shape index (κ3) is 2.04. The van der Waals surface area contributed by atoms with E-state index in [-0.39, 0.29) is 0 Å². The molecule has 0 radical (unpaired) electrons. The molecule has 74 valence electrons. The van der Waals surface area contributed by atoms with Crippen molar-refractivity contribution in [3.63, 3.8) is 0 Å². The molecule has 0 saturated heterocycles. The highest BCUT2D eigenvalue weighted by Crippen LogP contribution is 2.05. The van der Waals surface area contributed by atoms with Crippen molar-refractivity contribution in [3.8, 4) is 0 Å². The number of aromatic nitrogens is 4. The van der Waals surface area contributed by atoms with Crippen LogP contribution in [0.15, 0.2) is 24.9 Å². The van der Waals surface area contributed by atoms with Gasteiger partial charge in [-0.3, -0.25) is 4.68 Å². The zero-order chi connectivity index (χ0) is 9.97. The Bertz CT molecular complexity index is 418. The van der Waals surface area contributed by atoms with Gasteiger partial charge in [0, 0.05) is 30.3 Å². The predicted molar refractivity (Wildman–Crippen MR) is 57.2 cm³/mol. The lowest BCUT2D eigenvalue weighted by molar-refractivity contribution is 0.762. The van der Waals surface area contributed by atoms with Gasteiger partial charge < -0.3 is 4.57 Å². The first-order valence-corrected chi connectivity index (χ1v) is 5.44. The maximum atomic E-state index is 4.23. The van der Waals surface area contributed by atoms with Crippen LogP contribution < -0.4 is 0 Å². The lowest BCUT2D eigenvalue weighted by Crippen LogP contribution is -1.94. The summed E-state index contributed by atoms with van der Waals surface area (Å²) in [4.78, 5) is 4.23. The van der Waals surface area contributed by atoms with E-state index in [1.807, 2.05) is 36.5 Å². The van der Waals surface area contributed by atoms with Crippen molar-refractivity contribution in [3.05, 3.63) is 36.2 Å². The Morgan fingerprint density at radius 2 is 2.29 bits per heavy atom. The van der Waals surface area contributed by atoms with Gasteiger partial charge in [-0.2, -0.15) is 5.10 Å². The summed E-state index contributed by atoms with van der Waals surface area (Å²) >= 11 is 3.37. The molecule has 0 aliphatic carbocycles. The van der Waals surface area contributed by atoms with Crippen molar-refractivity contribution in [2.24, 2.45) is 7.05 Å². The molecule has 5 heteroatoms. The smallest absolute Gasteiger partial charge is 0.0952 e. The van der Waals surface area contributed by atoms with Crippen LogP contribution in [-0.4, -0.2) is 19.3 Å². The van der Waals surface area contributed by atoms with Gasteiger partial charge in [0.2, 0.25) is 0 Å². The van der Waals surface area contributed by atoms with Crippen LogP contribution in [0.1, 0.15) is 11.3 Å². The van der Waals surface area contributed by atoms with E-state index in [4.69, 9.17) is 0 Å². The molecule has 2 aromatic heterocycles. The summed E-state index contributed by atoms with van der Waals surface area (Å²) in [6.07, 6.45) is 7.74. The van der Waals surface area contributed by atoms with Gasteiger partial charge >= 0.3 is 0 Å². The van der Waals surface area contributed by atoms with Crippen LogP contribution in [0.4, 0.5) is 0 Å². The minimum Gasteiger partial charge on any atom is -0.333 e. The van der Waals surface area contributed by atoms with Gasteiger partial charge in [-0.1, -0.05) is 15.9 Å². The molecule has 2 aromatic rings. The normalized spacial score (nSPS) is 10.7. The van der Waals surface area contributed by atoms with Gasteiger partial charge in [0.15, 0.2) is 0 Å². The first-order valence-electron chi connectivity index (χ1n) is 4.32. The fraction of sp³-hybridized carbons (Fsp3) is 0.333. The van der Waals surface area contributed by atoms with Crippen molar-refractivity contribution in [2.75, 3.05) is 0 Å². The fourth-order valence-electron chi connectivity index (χ4n) is 1.33. The average Bonchev–Trinajstić information content (AvgIpc) is 2.76. The van der Waals surface area contributed by atoms with Gasteiger partial charge in [0.05, 0.1) is 24.8 Å². The first kappa shape index (κ1) is 9.45. The standard InChI is InChI=1S/C9H11BrN4/c1-13-4-8(3-12-13)5-14-6-9(2-10)11-7-14/h3-4,6-7H,2,5H2,1H3. The highest BCUT2D eigenvalue weighted by Gasteiger charge is 1.99. The van der Waals surface area contributed by atoms with E-state index in [9.17, 15) is 0 Å². The number of aryl methyl sites for hydroxylation is 1.